The average Bonchev–Trinajstić information content (AvgIpc) is 3.20. The Balaban J connectivity index is 0.00000320. The summed E-state index contributed by atoms with van der Waals surface area (Å²) in [5, 5.41) is 6.76. The van der Waals surface area contributed by atoms with Crippen LogP contribution in [0.15, 0.2) is 39.9 Å². The molecule has 2 unspecified atom stereocenters. The van der Waals surface area contributed by atoms with Crippen molar-refractivity contribution in [1.29, 1.82) is 0 Å². The number of benzene rings is 1. The molecule has 0 radical (unpaired) electrons. The number of hydrogen-bond acceptors (Lipinski definition) is 5. The second-order valence-electron chi connectivity index (χ2n) is 7.60. The van der Waals surface area contributed by atoms with E-state index in [4.69, 9.17) is 9.15 Å². The van der Waals surface area contributed by atoms with Crippen molar-refractivity contribution in [3.63, 3.8) is 0 Å². The molecule has 2 N–H and O–H groups in total. The van der Waals surface area contributed by atoms with Crippen molar-refractivity contribution in [3.8, 4) is 11.5 Å². The van der Waals surface area contributed by atoms with E-state index in [1.807, 2.05) is 12.1 Å². The molecule has 1 aromatic heterocycles. The van der Waals surface area contributed by atoms with Crippen LogP contribution in [0, 0.1) is 6.92 Å². The topological polar surface area (TPSA) is 74.9 Å². The van der Waals surface area contributed by atoms with Crippen LogP contribution in [0.3, 0.4) is 0 Å². The van der Waals surface area contributed by atoms with E-state index >= 15 is 0 Å². The monoisotopic (exact) mass is 527 g/mol. The molecule has 8 heteroatoms. The number of halogens is 1. The fraction of sp³-hybridized carbons (Fsp3) is 0.545. The van der Waals surface area contributed by atoms with Crippen molar-refractivity contribution in [2.75, 3.05) is 32.8 Å². The number of nitrogens with zero attached hydrogens (tertiary/aromatic N) is 3. The molecule has 0 amide bonds. The van der Waals surface area contributed by atoms with Gasteiger partial charge in [0.1, 0.15) is 12.0 Å². The molecule has 2 aromatic rings. The maximum absolute atomic E-state index is 5.63. The zero-order chi connectivity index (χ0) is 20.6. The van der Waals surface area contributed by atoms with E-state index in [1.165, 1.54) is 5.56 Å². The average molecular weight is 527 g/mol. The molecule has 1 aliphatic heterocycles. The van der Waals surface area contributed by atoms with Crippen molar-refractivity contribution in [1.82, 2.24) is 20.5 Å². The summed E-state index contributed by atoms with van der Waals surface area (Å²) in [6.45, 7) is 13.3. The quantitative estimate of drug-likeness (QED) is 0.327. The number of aromatic nitrogens is 1. The molecule has 2 atom stereocenters. The van der Waals surface area contributed by atoms with Gasteiger partial charge in [-0.3, -0.25) is 4.90 Å². The molecule has 1 aromatic carbocycles. The molecule has 0 aliphatic carbocycles. The Morgan fingerprint density at radius 2 is 2.07 bits per heavy atom. The number of guanidine groups is 1. The molecule has 1 saturated heterocycles. The number of nitrogens with one attached hydrogen (secondary N) is 2. The first kappa shape index (κ1) is 24.6. The molecule has 0 spiro atoms. The Hall–Kier alpha value is -1.65. The van der Waals surface area contributed by atoms with Crippen molar-refractivity contribution < 1.29 is 9.15 Å². The Labute approximate surface area is 196 Å². The lowest BCUT2D eigenvalue weighted by atomic mass is 10.1. The van der Waals surface area contributed by atoms with E-state index in [0.29, 0.717) is 24.5 Å². The second-order valence-corrected chi connectivity index (χ2v) is 7.60. The van der Waals surface area contributed by atoms with Gasteiger partial charge in [0, 0.05) is 37.3 Å². The minimum absolute atomic E-state index is 0. The van der Waals surface area contributed by atoms with Crippen molar-refractivity contribution in [2.45, 2.75) is 46.3 Å². The van der Waals surface area contributed by atoms with Gasteiger partial charge in [-0.25, -0.2) is 9.98 Å². The molecule has 30 heavy (non-hydrogen) atoms. The van der Waals surface area contributed by atoms with Crippen LogP contribution < -0.4 is 10.6 Å². The van der Waals surface area contributed by atoms with Crippen LogP contribution in [0.4, 0.5) is 0 Å². The van der Waals surface area contributed by atoms with E-state index in [2.05, 4.69) is 65.3 Å². The number of morpholine rings is 1. The smallest absolute Gasteiger partial charge is 0.226 e. The highest BCUT2D eigenvalue weighted by atomic mass is 127. The fourth-order valence-electron chi connectivity index (χ4n) is 3.47. The van der Waals surface area contributed by atoms with E-state index < -0.39 is 0 Å². The van der Waals surface area contributed by atoms with E-state index in [0.717, 1.165) is 50.1 Å². The molecule has 1 fully saturated rings. The minimum atomic E-state index is 0. The van der Waals surface area contributed by atoms with Crippen LogP contribution >= 0.6 is 24.0 Å². The summed E-state index contributed by atoms with van der Waals surface area (Å²) in [6.07, 6.45) is 1.68. The van der Waals surface area contributed by atoms with Crippen molar-refractivity contribution >= 4 is 29.9 Å². The summed E-state index contributed by atoms with van der Waals surface area (Å²) in [6, 6.07) is 9.00. The number of hydrogen-bond donors (Lipinski definition) is 2. The fourth-order valence-corrected chi connectivity index (χ4v) is 3.47. The lowest BCUT2D eigenvalue weighted by Gasteiger charge is -2.38. The number of oxazole rings is 1. The summed E-state index contributed by atoms with van der Waals surface area (Å²) in [5.41, 5.74) is 3.00. The zero-order valence-electron chi connectivity index (χ0n) is 18.4. The summed E-state index contributed by atoms with van der Waals surface area (Å²) in [7, 11) is 0. The summed E-state index contributed by atoms with van der Waals surface area (Å²) >= 11 is 0. The molecule has 3 rings (SSSR count). The minimum Gasteiger partial charge on any atom is -0.444 e. The Kier molecular flexibility index (Phi) is 10.1. The number of rotatable bonds is 7. The van der Waals surface area contributed by atoms with Gasteiger partial charge in [-0.2, -0.15) is 0 Å². The summed E-state index contributed by atoms with van der Waals surface area (Å²) in [5.74, 6) is 1.42. The van der Waals surface area contributed by atoms with Gasteiger partial charge in [-0.1, -0.05) is 17.7 Å². The SMILES string of the molecule is CCNC(=NCc1coc(-c2ccc(C)cc2)n1)NCC(C)N1CCOCC1C.I. The highest BCUT2D eigenvalue weighted by Gasteiger charge is 2.23. The highest BCUT2D eigenvalue weighted by molar-refractivity contribution is 14.0. The number of aliphatic imine (C=N–C) groups is 1. The van der Waals surface area contributed by atoms with E-state index in [1.54, 1.807) is 6.26 Å². The van der Waals surface area contributed by atoms with Crippen LogP contribution in [0.5, 0.6) is 0 Å². The molecule has 0 bridgehead atoms. The number of aryl methyl sites for hydroxylation is 1. The molecular formula is C22H34IN5O2. The molecule has 2 heterocycles. The van der Waals surface area contributed by atoms with Gasteiger partial charge < -0.3 is 19.8 Å². The van der Waals surface area contributed by atoms with Gasteiger partial charge in [0.25, 0.3) is 0 Å². The van der Waals surface area contributed by atoms with Crippen LogP contribution in [0.1, 0.15) is 32.0 Å². The van der Waals surface area contributed by atoms with Gasteiger partial charge in [-0.15, -0.1) is 24.0 Å². The Morgan fingerprint density at radius 3 is 2.77 bits per heavy atom. The third-order valence-corrected chi connectivity index (χ3v) is 5.14. The first-order valence-electron chi connectivity index (χ1n) is 10.4. The predicted molar refractivity (Wildman–Crippen MR) is 131 cm³/mol. The number of ether oxygens (including phenoxy) is 1. The largest absolute Gasteiger partial charge is 0.444 e. The Morgan fingerprint density at radius 1 is 1.30 bits per heavy atom. The third kappa shape index (κ3) is 6.95. The van der Waals surface area contributed by atoms with Gasteiger partial charge in [0.05, 0.1) is 19.8 Å². The standard InChI is InChI=1S/C22H33N5O2.HI/c1-5-23-22(24-12-17(3)27-10-11-28-14-18(27)4)25-13-20-15-29-21(26-20)19-8-6-16(2)7-9-19;/h6-9,15,17-18H,5,10-14H2,1-4H3,(H2,23,24,25);1H. The third-order valence-electron chi connectivity index (χ3n) is 5.14. The summed E-state index contributed by atoms with van der Waals surface area (Å²) in [4.78, 5) is 11.7. The first-order valence-corrected chi connectivity index (χ1v) is 10.4. The maximum atomic E-state index is 5.63. The van der Waals surface area contributed by atoms with Crippen molar-refractivity contribution in [2.24, 2.45) is 4.99 Å². The van der Waals surface area contributed by atoms with Gasteiger partial charge >= 0.3 is 0 Å². The lowest BCUT2D eigenvalue weighted by molar-refractivity contribution is -0.0174. The lowest BCUT2D eigenvalue weighted by Crippen LogP contribution is -2.53. The van der Waals surface area contributed by atoms with Crippen LogP contribution in [-0.2, 0) is 11.3 Å². The maximum Gasteiger partial charge on any atom is 0.226 e. The van der Waals surface area contributed by atoms with Crippen LogP contribution in [-0.4, -0.2) is 60.8 Å². The summed E-state index contributed by atoms with van der Waals surface area (Å²) < 4.78 is 11.2. The Bertz CT molecular complexity index is 793. The highest BCUT2D eigenvalue weighted by Crippen LogP contribution is 2.19. The van der Waals surface area contributed by atoms with Gasteiger partial charge in [0.15, 0.2) is 5.96 Å². The molecule has 7 nitrogen and oxygen atoms in total. The molecule has 0 saturated carbocycles. The predicted octanol–water partition coefficient (Wildman–Crippen LogP) is 3.43. The second kappa shape index (κ2) is 12.3. The van der Waals surface area contributed by atoms with Gasteiger partial charge in [-0.05, 0) is 39.8 Å². The van der Waals surface area contributed by atoms with E-state index in [-0.39, 0.29) is 24.0 Å². The zero-order valence-corrected chi connectivity index (χ0v) is 20.7. The van der Waals surface area contributed by atoms with E-state index in [9.17, 15) is 0 Å². The van der Waals surface area contributed by atoms with Crippen LogP contribution in [0.25, 0.3) is 11.5 Å². The first-order chi connectivity index (χ1) is 14.1. The normalized spacial score (nSPS) is 18.5. The van der Waals surface area contributed by atoms with Gasteiger partial charge in [0.2, 0.25) is 5.89 Å². The molecule has 1 aliphatic rings. The molecule has 166 valence electrons. The van der Waals surface area contributed by atoms with Crippen LogP contribution in [0.2, 0.25) is 0 Å². The van der Waals surface area contributed by atoms with Crippen molar-refractivity contribution in [3.05, 3.63) is 41.8 Å². The molecular weight excluding hydrogens is 493 g/mol.